The zero-order chi connectivity index (χ0) is 14.5. The molecule has 0 aromatic carbocycles. The first-order chi connectivity index (χ1) is 8.63. The molecule has 0 amide bonds. The Labute approximate surface area is 106 Å². The van der Waals surface area contributed by atoms with E-state index in [1.165, 1.54) is 18.4 Å². The molecule has 0 unspecified atom stereocenters. The van der Waals surface area contributed by atoms with Crippen LogP contribution in [-0.4, -0.2) is 9.54 Å². The van der Waals surface area contributed by atoms with Gasteiger partial charge in [0.25, 0.3) is 5.56 Å². The highest BCUT2D eigenvalue weighted by molar-refractivity contribution is 7.18. The van der Waals surface area contributed by atoms with Gasteiger partial charge in [0.05, 0.1) is 6.76 Å². The van der Waals surface area contributed by atoms with Gasteiger partial charge in [-0.2, -0.15) is 0 Å². The van der Waals surface area contributed by atoms with Gasteiger partial charge in [-0.3, -0.25) is 14.3 Å². The van der Waals surface area contributed by atoms with Crippen LogP contribution < -0.4 is 11.2 Å². The second-order valence-corrected chi connectivity index (χ2v) is 6.41. The molecule has 0 fully saturated rings. The van der Waals surface area contributed by atoms with Crippen molar-refractivity contribution in [3.63, 3.8) is 0 Å². The largest absolute Gasteiger partial charge is 0.329 e. The van der Waals surface area contributed by atoms with Crippen LogP contribution in [0.1, 0.15) is 27.0 Å². The van der Waals surface area contributed by atoms with Gasteiger partial charge in [-0.25, -0.2) is 4.79 Å². The Hall–Kier alpha value is -1.36. The number of rotatable bonds is 1. The average molecular weight is 254 g/mol. The quantitative estimate of drug-likeness (QED) is 0.844. The van der Waals surface area contributed by atoms with E-state index in [0.717, 1.165) is 9.44 Å². The SMILES string of the molecule is [2H]c1c(CC(C)(C)C)sc2c1c(=O)n(C)c(=O)n2[2H]. The molecule has 2 heterocycles. The summed E-state index contributed by atoms with van der Waals surface area (Å²) in [4.78, 5) is 25.5. The summed E-state index contributed by atoms with van der Waals surface area (Å²) in [5.41, 5.74) is -1.19. The molecule has 2 rings (SSSR count). The third kappa shape index (κ3) is 2.34. The van der Waals surface area contributed by atoms with E-state index >= 15 is 0 Å². The molecule has 2 aromatic heterocycles. The predicted molar refractivity (Wildman–Crippen MR) is 70.8 cm³/mol. The van der Waals surface area contributed by atoms with Crippen LogP contribution in [0, 0.1) is 5.41 Å². The normalized spacial score (nSPS) is 13.9. The summed E-state index contributed by atoms with van der Waals surface area (Å²) in [6.45, 7) is 6.13. The number of aromatic nitrogens is 2. The van der Waals surface area contributed by atoms with Gasteiger partial charge >= 0.3 is 5.69 Å². The lowest BCUT2D eigenvalue weighted by molar-refractivity contribution is 0.415. The molecular weight excluding hydrogens is 236 g/mol. The number of hydrogen-bond donors (Lipinski definition) is 1. The number of nitrogens with zero attached hydrogens (tertiary/aromatic N) is 1. The predicted octanol–water partition coefficient (Wildman–Crippen LogP) is 1.88. The van der Waals surface area contributed by atoms with Crippen molar-refractivity contribution in [2.45, 2.75) is 27.2 Å². The Morgan fingerprint density at radius 3 is 2.76 bits per heavy atom. The lowest BCUT2D eigenvalue weighted by atomic mass is 9.91. The Morgan fingerprint density at radius 1 is 1.53 bits per heavy atom. The third-order valence-electron chi connectivity index (χ3n) is 2.39. The van der Waals surface area contributed by atoms with Crippen LogP contribution in [0.5, 0.6) is 0 Å². The Bertz CT molecular complexity index is 765. The maximum atomic E-state index is 12.1. The van der Waals surface area contributed by atoms with Crippen LogP contribution in [0.4, 0.5) is 0 Å². The van der Waals surface area contributed by atoms with Gasteiger partial charge in [-0.05, 0) is 17.9 Å². The van der Waals surface area contributed by atoms with Gasteiger partial charge in [0.2, 0.25) is 0 Å². The van der Waals surface area contributed by atoms with Crippen LogP contribution in [0.2, 0.25) is 1.41 Å². The monoisotopic (exact) mass is 254 g/mol. The minimum atomic E-state index is -0.680. The fraction of sp³-hybridized carbons (Fsp3) is 0.500. The molecule has 0 aliphatic rings. The van der Waals surface area contributed by atoms with E-state index in [1.54, 1.807) is 0 Å². The first-order valence-electron chi connectivity index (χ1n) is 6.31. The molecule has 0 bridgehead atoms. The fourth-order valence-electron chi connectivity index (χ4n) is 1.59. The summed E-state index contributed by atoms with van der Waals surface area (Å²) in [5, 5.41) is 0.168. The zero-order valence-corrected chi connectivity index (χ0v) is 11.1. The highest BCUT2D eigenvalue weighted by Gasteiger charge is 2.15. The molecule has 0 radical (unpaired) electrons. The summed E-state index contributed by atoms with van der Waals surface area (Å²) in [7, 11) is 1.33. The number of hydrogen-bond acceptors (Lipinski definition) is 3. The van der Waals surface area contributed by atoms with Crippen LogP contribution in [0.3, 0.4) is 0 Å². The van der Waals surface area contributed by atoms with Gasteiger partial charge < -0.3 is 0 Å². The standard InChI is InChI=1S/C12H16N2O2S/c1-12(2,3)6-7-5-8-9(17-7)13-11(16)14(4)10(8)15/h5H,6H2,1-4H3,(H,13,16)/i5D/hD. The van der Waals surface area contributed by atoms with E-state index in [9.17, 15) is 9.59 Å². The van der Waals surface area contributed by atoms with E-state index in [1.807, 2.05) is 20.8 Å². The van der Waals surface area contributed by atoms with Crippen LogP contribution in [0.15, 0.2) is 15.6 Å². The summed E-state index contributed by atoms with van der Waals surface area (Å²) in [5.74, 6) is 0. The van der Waals surface area contributed by atoms with E-state index in [2.05, 4.69) is 0 Å². The molecule has 0 aliphatic carbocycles. The van der Waals surface area contributed by atoms with E-state index in [4.69, 9.17) is 2.78 Å². The minimum absolute atomic E-state index is 0.0188. The Morgan fingerprint density at radius 2 is 2.18 bits per heavy atom. The first kappa shape index (κ1) is 9.65. The van der Waals surface area contributed by atoms with Gasteiger partial charge in [0.1, 0.15) is 4.83 Å². The fourth-order valence-corrected chi connectivity index (χ4v) is 2.84. The van der Waals surface area contributed by atoms with Crippen molar-refractivity contribution >= 4 is 21.6 Å². The van der Waals surface area contributed by atoms with E-state index < -0.39 is 11.2 Å². The van der Waals surface area contributed by atoms with E-state index in [-0.39, 0.29) is 21.7 Å². The topological polar surface area (TPSA) is 54.9 Å². The third-order valence-corrected chi connectivity index (χ3v) is 3.37. The number of H-pyrrole nitrogens is 1. The van der Waals surface area contributed by atoms with Crippen LogP contribution >= 0.6 is 11.3 Å². The Kier molecular flexibility index (Phi) is 2.18. The van der Waals surface area contributed by atoms with Crippen molar-refractivity contribution in [1.82, 2.24) is 9.54 Å². The molecule has 0 saturated heterocycles. The highest BCUT2D eigenvalue weighted by atomic mass is 32.1. The average Bonchev–Trinajstić information content (AvgIpc) is 2.60. The lowest BCUT2D eigenvalue weighted by Gasteiger charge is -2.15. The maximum Gasteiger partial charge on any atom is 0.329 e. The Balaban J connectivity index is 2.85. The summed E-state index contributed by atoms with van der Waals surface area (Å²) in [6, 6.07) is 0.150. The molecule has 92 valence electrons. The highest BCUT2D eigenvalue weighted by Crippen LogP contribution is 2.27. The minimum Gasteiger partial charge on any atom is -0.298 e. The van der Waals surface area contributed by atoms with Crippen molar-refractivity contribution in [2.75, 3.05) is 0 Å². The van der Waals surface area contributed by atoms with Gasteiger partial charge in [0.15, 0.2) is 1.41 Å². The lowest BCUT2D eigenvalue weighted by Crippen LogP contribution is -2.31. The molecule has 4 nitrogen and oxygen atoms in total. The van der Waals surface area contributed by atoms with Crippen molar-refractivity contribution in [3.8, 4) is 0 Å². The van der Waals surface area contributed by atoms with Crippen molar-refractivity contribution in [1.29, 1.82) is 0 Å². The molecule has 1 N–H and O–H groups in total. The van der Waals surface area contributed by atoms with Gasteiger partial charge in [0, 0.05) is 11.9 Å². The molecular formula is C12H16N2O2S. The summed E-state index contributed by atoms with van der Waals surface area (Å²) >= 11 is 1.19. The molecule has 5 heteroatoms. The van der Waals surface area contributed by atoms with Crippen LogP contribution in [-0.2, 0) is 13.5 Å². The van der Waals surface area contributed by atoms with Crippen LogP contribution in [0.25, 0.3) is 10.2 Å². The summed E-state index contributed by atoms with van der Waals surface area (Å²) < 4.78 is 16.7. The smallest absolute Gasteiger partial charge is 0.298 e. The number of nitrogens with one attached hydrogen (secondary N) is 1. The van der Waals surface area contributed by atoms with Crippen molar-refractivity contribution in [3.05, 3.63) is 31.8 Å². The van der Waals surface area contributed by atoms with Gasteiger partial charge in [-0.15, -0.1) is 11.3 Å². The second kappa shape index (κ2) is 3.84. The molecule has 2 aromatic rings. The van der Waals surface area contributed by atoms with Gasteiger partial charge in [-0.1, -0.05) is 20.8 Å². The molecule has 0 saturated carbocycles. The first-order valence-corrected chi connectivity index (χ1v) is 6.18. The second-order valence-electron chi connectivity index (χ2n) is 5.33. The molecule has 0 aliphatic heterocycles. The molecule has 0 atom stereocenters. The van der Waals surface area contributed by atoms with Crippen molar-refractivity contribution in [2.24, 2.45) is 12.5 Å². The maximum absolute atomic E-state index is 12.1. The zero-order valence-electron chi connectivity index (χ0n) is 12.3. The number of aromatic amines is 1. The number of fused-ring (bicyclic) bond motifs is 1. The summed E-state index contributed by atoms with van der Waals surface area (Å²) in [6.07, 6.45) is 0.641. The molecule has 17 heavy (non-hydrogen) atoms. The van der Waals surface area contributed by atoms with E-state index in [0.29, 0.717) is 11.4 Å². The van der Waals surface area contributed by atoms with Crippen molar-refractivity contribution < 1.29 is 2.78 Å². The molecule has 0 spiro atoms. The number of thiophene rings is 1.